The van der Waals surface area contributed by atoms with Crippen LogP contribution in [0.25, 0.3) is 0 Å². The molecule has 1 saturated heterocycles. The lowest BCUT2D eigenvalue weighted by molar-refractivity contribution is -0.131. The Morgan fingerprint density at radius 3 is 2.33 bits per heavy atom. The number of hydrogen-bond acceptors (Lipinski definition) is 2. The van der Waals surface area contributed by atoms with Gasteiger partial charge in [-0.2, -0.15) is 0 Å². The van der Waals surface area contributed by atoms with E-state index in [1.807, 2.05) is 56.0 Å². The van der Waals surface area contributed by atoms with Crippen molar-refractivity contribution in [3.05, 3.63) is 30.3 Å². The van der Waals surface area contributed by atoms with E-state index in [1.54, 1.807) is 4.90 Å². The minimum absolute atomic E-state index is 0.0275. The molecule has 0 atom stereocenters. The summed E-state index contributed by atoms with van der Waals surface area (Å²) in [7, 11) is 0. The van der Waals surface area contributed by atoms with Gasteiger partial charge in [-0.05, 0) is 32.9 Å². The summed E-state index contributed by atoms with van der Waals surface area (Å²) >= 11 is 0. The average molecular weight is 245 g/mol. The molecule has 1 fully saturated rings. The molecule has 1 aromatic rings. The van der Waals surface area contributed by atoms with E-state index < -0.39 is 0 Å². The fraction of sp³-hybridized carbons (Fsp3) is 0.429. The molecule has 1 heterocycles. The van der Waals surface area contributed by atoms with Crippen LogP contribution in [0.3, 0.4) is 0 Å². The lowest BCUT2D eigenvalue weighted by Gasteiger charge is -2.43. The van der Waals surface area contributed by atoms with Gasteiger partial charge in [0.05, 0.1) is 0 Å². The monoisotopic (exact) mass is 245 g/mol. The van der Waals surface area contributed by atoms with Gasteiger partial charge in [-0.25, -0.2) is 0 Å². The van der Waals surface area contributed by atoms with Crippen LogP contribution in [0.2, 0.25) is 0 Å². The number of carbonyl (C=O) groups excluding carboxylic acids is 1. The van der Waals surface area contributed by atoms with Gasteiger partial charge in [-0.1, -0.05) is 18.2 Å². The summed E-state index contributed by atoms with van der Waals surface area (Å²) in [6.45, 7) is 6.43. The van der Waals surface area contributed by atoms with Crippen LogP contribution in [0.1, 0.15) is 27.2 Å². The van der Waals surface area contributed by atoms with Crippen LogP contribution < -0.4 is 4.90 Å². The van der Waals surface area contributed by atoms with Crippen LogP contribution in [0, 0.1) is 5.41 Å². The van der Waals surface area contributed by atoms with E-state index >= 15 is 0 Å². The fourth-order valence-corrected chi connectivity index (χ4v) is 2.22. The molecule has 0 unspecified atom stereocenters. The predicted molar refractivity (Wildman–Crippen MR) is 72.7 cm³/mol. The maximum atomic E-state index is 12.0. The Hall–Kier alpha value is -1.84. The summed E-state index contributed by atoms with van der Waals surface area (Å²) in [6.07, 6.45) is 0.453. The van der Waals surface area contributed by atoms with Crippen LogP contribution in [-0.2, 0) is 4.79 Å². The van der Waals surface area contributed by atoms with Crippen molar-refractivity contribution < 1.29 is 4.79 Å². The second kappa shape index (κ2) is 4.44. The summed E-state index contributed by atoms with van der Waals surface area (Å²) in [6, 6.07) is 9.76. The van der Waals surface area contributed by atoms with E-state index in [1.165, 1.54) is 0 Å². The van der Waals surface area contributed by atoms with E-state index in [-0.39, 0.29) is 17.4 Å². The highest BCUT2D eigenvalue weighted by Crippen LogP contribution is 2.25. The third-order valence-electron chi connectivity index (χ3n) is 3.00. The molecule has 0 radical (unpaired) electrons. The topological polar surface area (TPSA) is 47.4 Å². The van der Waals surface area contributed by atoms with Crippen molar-refractivity contribution in [1.82, 2.24) is 4.90 Å². The molecule has 1 aromatic carbocycles. The molecule has 1 aliphatic heterocycles. The fourth-order valence-electron chi connectivity index (χ4n) is 2.22. The van der Waals surface area contributed by atoms with Gasteiger partial charge in [0.25, 0.3) is 0 Å². The zero-order chi connectivity index (χ0) is 13.3. The largest absolute Gasteiger partial charge is 0.312 e. The zero-order valence-electron chi connectivity index (χ0n) is 11.1. The van der Waals surface area contributed by atoms with Crippen LogP contribution in [0.4, 0.5) is 5.69 Å². The van der Waals surface area contributed by atoms with Gasteiger partial charge in [0.2, 0.25) is 11.9 Å². The number of carbonyl (C=O) groups is 1. The Bertz CT molecular complexity index is 462. The van der Waals surface area contributed by atoms with Crippen molar-refractivity contribution >= 4 is 17.6 Å². The highest BCUT2D eigenvalue weighted by atomic mass is 16.2. The van der Waals surface area contributed by atoms with Crippen LogP contribution in [0.15, 0.2) is 30.3 Å². The summed E-state index contributed by atoms with van der Waals surface area (Å²) < 4.78 is 0. The number of para-hydroxylation sites is 1. The summed E-state index contributed by atoms with van der Waals surface area (Å²) in [5.74, 6) is 0.296. The first-order valence-electron chi connectivity index (χ1n) is 6.15. The zero-order valence-corrected chi connectivity index (χ0v) is 11.1. The molecule has 0 bridgehead atoms. The predicted octanol–water partition coefficient (Wildman–Crippen LogP) is 2.46. The first kappa shape index (κ1) is 12.6. The summed E-state index contributed by atoms with van der Waals surface area (Å²) in [5, 5.41) is 8.26. The molecule has 0 saturated carbocycles. The second-order valence-electron chi connectivity index (χ2n) is 5.46. The molecule has 18 heavy (non-hydrogen) atoms. The standard InChI is InChI=1S/C14H19N3O/c1-14(2,3)17-12(18)9-10-16(13(17)15)11-7-5-4-6-8-11/h4-8,15H,9-10H2,1-3H3. The Morgan fingerprint density at radius 2 is 1.78 bits per heavy atom. The molecule has 0 aliphatic carbocycles. The first-order chi connectivity index (χ1) is 8.41. The lowest BCUT2D eigenvalue weighted by atomic mass is 10.0. The quantitative estimate of drug-likeness (QED) is 0.826. The Kier molecular flexibility index (Phi) is 3.11. The first-order valence-corrected chi connectivity index (χ1v) is 6.15. The van der Waals surface area contributed by atoms with E-state index in [4.69, 9.17) is 5.41 Å². The van der Waals surface area contributed by atoms with Crippen molar-refractivity contribution in [3.8, 4) is 0 Å². The number of amides is 1. The Balaban J connectivity index is 2.32. The van der Waals surface area contributed by atoms with Crippen LogP contribution >= 0.6 is 0 Å². The van der Waals surface area contributed by atoms with Crippen molar-refractivity contribution in [3.63, 3.8) is 0 Å². The minimum Gasteiger partial charge on any atom is -0.312 e. The second-order valence-corrected chi connectivity index (χ2v) is 5.46. The van der Waals surface area contributed by atoms with E-state index in [0.717, 1.165) is 5.69 Å². The van der Waals surface area contributed by atoms with Gasteiger partial charge >= 0.3 is 0 Å². The molecule has 4 nitrogen and oxygen atoms in total. The molecular weight excluding hydrogens is 226 g/mol. The molecule has 0 spiro atoms. The number of rotatable bonds is 1. The van der Waals surface area contributed by atoms with E-state index in [0.29, 0.717) is 13.0 Å². The normalized spacial score (nSPS) is 17.3. The number of guanidine groups is 1. The maximum absolute atomic E-state index is 12.0. The minimum atomic E-state index is -0.360. The number of hydrogen-bond donors (Lipinski definition) is 1. The summed E-state index contributed by atoms with van der Waals surface area (Å²) in [5.41, 5.74) is 0.603. The van der Waals surface area contributed by atoms with Crippen LogP contribution in [0.5, 0.6) is 0 Å². The third-order valence-corrected chi connectivity index (χ3v) is 3.00. The van der Waals surface area contributed by atoms with E-state index in [9.17, 15) is 4.79 Å². The molecule has 2 rings (SSSR count). The van der Waals surface area contributed by atoms with Gasteiger partial charge in [0.15, 0.2) is 0 Å². The summed E-state index contributed by atoms with van der Waals surface area (Å²) in [4.78, 5) is 15.4. The lowest BCUT2D eigenvalue weighted by Crippen LogP contribution is -2.59. The van der Waals surface area contributed by atoms with Crippen molar-refractivity contribution in [2.45, 2.75) is 32.7 Å². The van der Waals surface area contributed by atoms with Crippen molar-refractivity contribution in [2.75, 3.05) is 11.4 Å². The number of anilines is 1. The number of nitrogens with one attached hydrogen (secondary N) is 1. The van der Waals surface area contributed by atoms with Crippen molar-refractivity contribution in [2.24, 2.45) is 0 Å². The molecule has 1 aliphatic rings. The maximum Gasteiger partial charge on any atom is 0.231 e. The van der Waals surface area contributed by atoms with Gasteiger partial charge in [0.1, 0.15) is 0 Å². The van der Waals surface area contributed by atoms with Crippen LogP contribution in [-0.4, -0.2) is 28.9 Å². The molecule has 1 N–H and O–H groups in total. The Labute approximate surface area is 108 Å². The number of nitrogens with zero attached hydrogens (tertiary/aromatic N) is 2. The van der Waals surface area contributed by atoms with Gasteiger partial charge in [0, 0.05) is 24.2 Å². The average Bonchev–Trinajstić information content (AvgIpc) is 2.28. The SMILES string of the molecule is CC(C)(C)N1C(=N)N(c2ccccc2)CCC1=O. The van der Waals surface area contributed by atoms with Gasteiger partial charge in [-0.15, -0.1) is 0 Å². The molecule has 0 aromatic heterocycles. The highest BCUT2D eigenvalue weighted by Gasteiger charge is 2.36. The third kappa shape index (κ3) is 2.23. The molecule has 1 amide bonds. The molecular formula is C14H19N3O. The smallest absolute Gasteiger partial charge is 0.231 e. The Morgan fingerprint density at radius 1 is 1.17 bits per heavy atom. The van der Waals surface area contributed by atoms with Crippen molar-refractivity contribution in [1.29, 1.82) is 5.41 Å². The molecule has 96 valence electrons. The molecule has 4 heteroatoms. The van der Waals surface area contributed by atoms with E-state index in [2.05, 4.69) is 0 Å². The van der Waals surface area contributed by atoms with Gasteiger partial charge < -0.3 is 4.90 Å². The highest BCUT2D eigenvalue weighted by molar-refractivity contribution is 6.07. The number of benzene rings is 1. The van der Waals surface area contributed by atoms with Gasteiger partial charge in [-0.3, -0.25) is 15.1 Å².